The van der Waals surface area contributed by atoms with Crippen LogP contribution in [0.4, 0.5) is 4.79 Å². The van der Waals surface area contributed by atoms with E-state index in [9.17, 15) is 4.79 Å². The normalized spacial score (nSPS) is 13.6. The zero-order valence-corrected chi connectivity index (χ0v) is 8.55. The summed E-state index contributed by atoms with van der Waals surface area (Å²) in [6.07, 6.45) is -0.548. The first-order valence-electron chi connectivity index (χ1n) is 4.20. The van der Waals surface area contributed by atoms with Crippen LogP contribution in [0, 0.1) is 0 Å². The fourth-order valence-electron chi connectivity index (χ4n) is 0.531. The number of carbonyl (C=O) groups is 1. The van der Waals surface area contributed by atoms with Crippen LogP contribution < -0.4 is 10.9 Å². The van der Waals surface area contributed by atoms with Crippen molar-refractivity contribution in [2.24, 2.45) is 0 Å². The molecule has 1 amide bonds. The third-order valence-electron chi connectivity index (χ3n) is 1.09. The van der Waals surface area contributed by atoms with Crippen LogP contribution in [0.2, 0.25) is 0 Å². The van der Waals surface area contributed by atoms with Gasteiger partial charge in [-0.2, -0.15) is 0 Å². The van der Waals surface area contributed by atoms with Gasteiger partial charge in [0.2, 0.25) is 0 Å². The average molecular weight is 190 g/mol. The van der Waals surface area contributed by atoms with Crippen molar-refractivity contribution in [3.05, 3.63) is 0 Å². The van der Waals surface area contributed by atoms with Gasteiger partial charge >= 0.3 is 6.09 Å². The monoisotopic (exact) mass is 190 g/mol. The predicted molar refractivity (Wildman–Crippen MR) is 49.1 cm³/mol. The number of rotatable bonds is 3. The Morgan fingerprint density at radius 3 is 2.46 bits per heavy atom. The summed E-state index contributed by atoms with van der Waals surface area (Å²) in [6.45, 7) is 7.03. The number of amides is 1. The molecule has 0 saturated carbocycles. The number of carbonyl (C=O) groups excluding carboxylic acids is 1. The van der Waals surface area contributed by atoms with Crippen LogP contribution in [-0.4, -0.2) is 29.4 Å². The first kappa shape index (κ1) is 12.2. The molecule has 0 aliphatic rings. The Balaban J connectivity index is 3.64. The number of hydrogen-bond acceptors (Lipinski definition) is 4. The van der Waals surface area contributed by atoms with E-state index in [1.807, 2.05) is 0 Å². The summed E-state index contributed by atoms with van der Waals surface area (Å²) in [4.78, 5) is 11.0. The summed E-state index contributed by atoms with van der Waals surface area (Å²) in [5.74, 6) is 0. The molecule has 0 rings (SSSR count). The van der Waals surface area contributed by atoms with Gasteiger partial charge in [0.05, 0.1) is 6.61 Å². The van der Waals surface area contributed by atoms with Gasteiger partial charge in [-0.15, -0.1) is 0 Å². The Morgan fingerprint density at radius 2 is 2.08 bits per heavy atom. The van der Waals surface area contributed by atoms with Crippen LogP contribution in [0.1, 0.15) is 27.7 Å². The number of hydrazine groups is 1. The molecule has 0 spiro atoms. The topological polar surface area (TPSA) is 70.6 Å². The lowest BCUT2D eigenvalue weighted by Crippen LogP contribution is -2.46. The molecule has 0 heterocycles. The fraction of sp³-hybridized carbons (Fsp3) is 0.875. The van der Waals surface area contributed by atoms with Crippen molar-refractivity contribution < 1.29 is 14.6 Å². The Morgan fingerprint density at radius 1 is 1.54 bits per heavy atom. The molecule has 5 heteroatoms. The molecule has 0 aromatic rings. The number of ether oxygens (including phenoxy) is 1. The minimum atomic E-state index is -0.548. The van der Waals surface area contributed by atoms with Crippen molar-refractivity contribution in [2.75, 3.05) is 6.61 Å². The van der Waals surface area contributed by atoms with Crippen LogP contribution in [0.25, 0.3) is 0 Å². The first-order valence-corrected chi connectivity index (χ1v) is 4.20. The van der Waals surface area contributed by atoms with E-state index in [2.05, 4.69) is 10.9 Å². The number of hydrogen-bond donors (Lipinski definition) is 3. The van der Waals surface area contributed by atoms with E-state index in [0.29, 0.717) is 0 Å². The molecule has 0 aliphatic carbocycles. The molecule has 0 unspecified atom stereocenters. The number of aliphatic hydroxyl groups is 1. The Hall–Kier alpha value is -0.810. The highest BCUT2D eigenvalue weighted by Gasteiger charge is 2.15. The second-order valence-electron chi connectivity index (χ2n) is 3.85. The molecule has 0 bridgehead atoms. The third kappa shape index (κ3) is 7.55. The van der Waals surface area contributed by atoms with Crippen molar-refractivity contribution in [1.82, 2.24) is 10.9 Å². The SMILES string of the molecule is C[C@@H](CO)NNC(=O)OC(C)(C)C. The van der Waals surface area contributed by atoms with E-state index in [0.717, 1.165) is 0 Å². The Kier molecular flexibility index (Phi) is 4.72. The van der Waals surface area contributed by atoms with Gasteiger partial charge < -0.3 is 9.84 Å². The number of nitrogens with one attached hydrogen (secondary N) is 2. The van der Waals surface area contributed by atoms with Gasteiger partial charge in [-0.3, -0.25) is 5.43 Å². The maximum absolute atomic E-state index is 11.0. The minimum Gasteiger partial charge on any atom is -0.443 e. The highest BCUT2D eigenvalue weighted by molar-refractivity contribution is 5.66. The molecule has 0 fully saturated rings. The second kappa shape index (κ2) is 5.04. The maximum atomic E-state index is 11.0. The van der Waals surface area contributed by atoms with Crippen molar-refractivity contribution in [1.29, 1.82) is 0 Å². The van der Waals surface area contributed by atoms with Crippen molar-refractivity contribution in [2.45, 2.75) is 39.3 Å². The summed E-state index contributed by atoms with van der Waals surface area (Å²) in [5.41, 5.74) is 4.39. The smallest absolute Gasteiger partial charge is 0.422 e. The van der Waals surface area contributed by atoms with Gasteiger partial charge in [0.25, 0.3) is 0 Å². The van der Waals surface area contributed by atoms with E-state index in [-0.39, 0.29) is 12.6 Å². The first-order chi connectivity index (χ1) is 5.85. The van der Waals surface area contributed by atoms with Gasteiger partial charge in [-0.05, 0) is 27.7 Å². The van der Waals surface area contributed by atoms with E-state index in [4.69, 9.17) is 9.84 Å². The Labute approximate surface area is 78.4 Å². The largest absolute Gasteiger partial charge is 0.443 e. The van der Waals surface area contributed by atoms with E-state index in [1.165, 1.54) is 0 Å². The summed E-state index contributed by atoms with van der Waals surface area (Å²) in [5, 5.41) is 8.63. The van der Waals surface area contributed by atoms with Crippen LogP contribution in [0.15, 0.2) is 0 Å². The molecular weight excluding hydrogens is 172 g/mol. The molecule has 0 radical (unpaired) electrons. The molecule has 13 heavy (non-hydrogen) atoms. The molecule has 3 N–H and O–H groups in total. The molecule has 78 valence electrons. The lowest BCUT2D eigenvalue weighted by atomic mass is 10.2. The molecule has 5 nitrogen and oxygen atoms in total. The van der Waals surface area contributed by atoms with Gasteiger partial charge in [0.15, 0.2) is 0 Å². The van der Waals surface area contributed by atoms with Crippen LogP contribution in [0.5, 0.6) is 0 Å². The molecule has 0 saturated heterocycles. The zero-order valence-electron chi connectivity index (χ0n) is 8.55. The highest BCUT2D eigenvalue weighted by atomic mass is 16.6. The lowest BCUT2D eigenvalue weighted by molar-refractivity contribution is 0.0482. The summed E-state index contributed by atoms with van der Waals surface area (Å²) < 4.78 is 4.94. The van der Waals surface area contributed by atoms with E-state index >= 15 is 0 Å². The van der Waals surface area contributed by atoms with Crippen LogP contribution in [0.3, 0.4) is 0 Å². The average Bonchev–Trinajstić information content (AvgIpc) is 1.97. The molecular formula is C8H18N2O3. The number of aliphatic hydroxyl groups excluding tert-OH is 1. The minimum absolute atomic E-state index is 0.0458. The summed E-state index contributed by atoms with van der Waals surface area (Å²) in [6, 6.07) is -0.187. The standard InChI is InChI=1S/C8H18N2O3/c1-6(5-11)9-10-7(12)13-8(2,3)4/h6,9,11H,5H2,1-4H3,(H,10,12)/t6-/m0/s1. The molecule has 1 atom stereocenters. The molecule has 0 aromatic heterocycles. The van der Waals surface area contributed by atoms with Crippen molar-refractivity contribution in [3.63, 3.8) is 0 Å². The van der Waals surface area contributed by atoms with E-state index in [1.54, 1.807) is 27.7 Å². The van der Waals surface area contributed by atoms with Gasteiger partial charge in [0.1, 0.15) is 5.60 Å². The Bertz CT molecular complexity index is 165. The van der Waals surface area contributed by atoms with Gasteiger partial charge in [-0.25, -0.2) is 10.2 Å². The zero-order chi connectivity index (χ0) is 10.5. The maximum Gasteiger partial charge on any atom is 0.422 e. The predicted octanol–water partition coefficient (Wildman–Crippen LogP) is 0.396. The van der Waals surface area contributed by atoms with Crippen molar-refractivity contribution >= 4 is 6.09 Å². The van der Waals surface area contributed by atoms with Gasteiger partial charge in [0, 0.05) is 6.04 Å². The molecule has 0 aliphatic heterocycles. The van der Waals surface area contributed by atoms with Gasteiger partial charge in [-0.1, -0.05) is 0 Å². The van der Waals surface area contributed by atoms with E-state index < -0.39 is 11.7 Å². The van der Waals surface area contributed by atoms with Crippen molar-refractivity contribution in [3.8, 4) is 0 Å². The summed E-state index contributed by atoms with van der Waals surface area (Å²) in [7, 11) is 0. The second-order valence-corrected chi connectivity index (χ2v) is 3.85. The lowest BCUT2D eigenvalue weighted by Gasteiger charge is -2.20. The quantitative estimate of drug-likeness (QED) is 0.563. The highest BCUT2D eigenvalue weighted by Crippen LogP contribution is 2.05. The van der Waals surface area contributed by atoms with Crippen LogP contribution in [-0.2, 0) is 4.74 Å². The molecule has 0 aromatic carbocycles. The third-order valence-corrected chi connectivity index (χ3v) is 1.09. The summed E-state index contributed by atoms with van der Waals surface area (Å²) >= 11 is 0. The van der Waals surface area contributed by atoms with Crippen LogP contribution >= 0.6 is 0 Å². The fourth-order valence-corrected chi connectivity index (χ4v) is 0.531.